The molecule has 2 heterocycles. The first-order valence-corrected chi connectivity index (χ1v) is 9.51. The Labute approximate surface area is 163 Å². The number of amides is 1. The Morgan fingerprint density at radius 2 is 1.93 bits per heavy atom. The predicted molar refractivity (Wildman–Crippen MR) is 106 cm³/mol. The molecule has 1 amide bonds. The minimum absolute atomic E-state index is 0.204. The lowest BCUT2D eigenvalue weighted by molar-refractivity contribution is -0.115. The zero-order chi connectivity index (χ0) is 19.5. The van der Waals surface area contributed by atoms with Gasteiger partial charge >= 0.3 is 5.69 Å². The molecule has 0 radical (unpaired) electrons. The summed E-state index contributed by atoms with van der Waals surface area (Å²) in [5.74, 6) is 0.299. The largest absolute Gasteiger partial charge is 0.416 e. The average Bonchev–Trinajstić information content (AvgIpc) is 3.27. The topological polar surface area (TPSA) is 117 Å². The summed E-state index contributed by atoms with van der Waals surface area (Å²) in [5.41, 5.74) is 2.69. The summed E-state index contributed by atoms with van der Waals surface area (Å²) in [6, 6.07) is 15.0. The van der Waals surface area contributed by atoms with Gasteiger partial charge in [-0.05, 0) is 30.7 Å². The highest BCUT2D eigenvalue weighted by atomic mass is 32.2. The SMILES string of the molecule is C[C@@H](Sc1nnc(Cc2ccccc2)o1)C(=O)Nc1ccc2[nH]c(=O)[nH]c2c1. The lowest BCUT2D eigenvalue weighted by Gasteiger charge is -2.09. The number of aromatic amines is 2. The molecule has 0 spiro atoms. The van der Waals surface area contributed by atoms with E-state index in [1.54, 1.807) is 25.1 Å². The summed E-state index contributed by atoms with van der Waals surface area (Å²) in [4.78, 5) is 29.1. The van der Waals surface area contributed by atoms with E-state index in [0.717, 1.165) is 5.56 Å². The smallest absolute Gasteiger partial charge is 0.323 e. The van der Waals surface area contributed by atoms with Crippen LogP contribution in [0.4, 0.5) is 5.69 Å². The van der Waals surface area contributed by atoms with E-state index >= 15 is 0 Å². The molecule has 0 saturated carbocycles. The molecule has 0 fully saturated rings. The number of rotatable bonds is 6. The summed E-state index contributed by atoms with van der Waals surface area (Å²) < 4.78 is 5.64. The van der Waals surface area contributed by atoms with Gasteiger partial charge in [0.15, 0.2) is 0 Å². The van der Waals surface area contributed by atoms with Gasteiger partial charge in [0.1, 0.15) is 0 Å². The first kappa shape index (κ1) is 18.1. The lowest BCUT2D eigenvalue weighted by Crippen LogP contribution is -2.22. The Bertz CT molecular complexity index is 1170. The number of imidazole rings is 1. The Balaban J connectivity index is 1.38. The average molecular weight is 395 g/mol. The zero-order valence-corrected chi connectivity index (χ0v) is 15.7. The summed E-state index contributed by atoms with van der Waals surface area (Å²) >= 11 is 1.19. The highest BCUT2D eigenvalue weighted by Gasteiger charge is 2.19. The molecule has 28 heavy (non-hydrogen) atoms. The Morgan fingerprint density at radius 1 is 1.14 bits per heavy atom. The van der Waals surface area contributed by atoms with E-state index in [1.165, 1.54) is 11.8 Å². The van der Waals surface area contributed by atoms with Gasteiger partial charge in [0, 0.05) is 5.69 Å². The van der Waals surface area contributed by atoms with Crippen molar-refractivity contribution in [3.05, 3.63) is 70.5 Å². The Hall–Kier alpha value is -3.33. The van der Waals surface area contributed by atoms with Gasteiger partial charge in [0.2, 0.25) is 11.8 Å². The van der Waals surface area contributed by atoms with Gasteiger partial charge in [0.05, 0.1) is 22.7 Å². The van der Waals surface area contributed by atoms with Crippen LogP contribution in [0.25, 0.3) is 11.0 Å². The van der Waals surface area contributed by atoms with Crippen LogP contribution in [-0.4, -0.2) is 31.3 Å². The van der Waals surface area contributed by atoms with E-state index in [0.29, 0.717) is 34.3 Å². The Kier molecular flexibility index (Phi) is 4.98. The van der Waals surface area contributed by atoms with Gasteiger partial charge in [-0.1, -0.05) is 42.1 Å². The van der Waals surface area contributed by atoms with E-state index < -0.39 is 5.25 Å². The van der Waals surface area contributed by atoms with Gasteiger partial charge in [-0.3, -0.25) is 4.79 Å². The molecular weight excluding hydrogens is 378 g/mol. The third kappa shape index (κ3) is 4.15. The lowest BCUT2D eigenvalue weighted by atomic mass is 10.2. The quantitative estimate of drug-likeness (QED) is 0.432. The standard InChI is InChI=1S/C19H17N5O3S/c1-11(17(25)20-13-7-8-14-15(10-13)22-18(26)21-14)28-19-24-23-16(27-19)9-12-5-3-2-4-6-12/h2-8,10-11H,9H2,1H3,(H,20,25)(H2,21,22,26)/t11-/m1/s1. The molecule has 8 nitrogen and oxygen atoms in total. The molecular formula is C19H17N5O3S. The number of nitrogens with zero attached hydrogens (tertiary/aromatic N) is 2. The van der Waals surface area contributed by atoms with Crippen LogP contribution in [0.2, 0.25) is 0 Å². The van der Waals surface area contributed by atoms with Crippen molar-refractivity contribution >= 4 is 34.4 Å². The summed E-state index contributed by atoms with van der Waals surface area (Å²) in [6.07, 6.45) is 0.545. The van der Waals surface area contributed by atoms with E-state index in [4.69, 9.17) is 4.42 Å². The number of thioether (sulfide) groups is 1. The van der Waals surface area contributed by atoms with Gasteiger partial charge in [-0.15, -0.1) is 10.2 Å². The molecule has 2 aromatic carbocycles. The number of benzene rings is 2. The van der Waals surface area contributed by atoms with E-state index in [2.05, 4.69) is 25.5 Å². The molecule has 0 aliphatic rings. The molecule has 2 aromatic heterocycles. The van der Waals surface area contributed by atoms with Crippen LogP contribution in [0.5, 0.6) is 0 Å². The number of carbonyl (C=O) groups excluding carboxylic acids is 1. The maximum absolute atomic E-state index is 12.5. The van der Waals surface area contributed by atoms with Gasteiger partial charge in [0.25, 0.3) is 5.22 Å². The number of hydrogen-bond donors (Lipinski definition) is 3. The van der Waals surface area contributed by atoms with Crippen LogP contribution in [0.3, 0.4) is 0 Å². The highest BCUT2D eigenvalue weighted by Crippen LogP contribution is 2.24. The first-order valence-electron chi connectivity index (χ1n) is 8.63. The fourth-order valence-electron chi connectivity index (χ4n) is 2.69. The first-order chi connectivity index (χ1) is 13.6. The number of anilines is 1. The van der Waals surface area contributed by atoms with Gasteiger partial charge in [-0.2, -0.15) is 0 Å². The second-order valence-electron chi connectivity index (χ2n) is 6.21. The van der Waals surface area contributed by atoms with Crippen molar-refractivity contribution in [1.82, 2.24) is 20.2 Å². The molecule has 0 bridgehead atoms. The molecule has 0 aliphatic heterocycles. The maximum atomic E-state index is 12.5. The fraction of sp³-hybridized carbons (Fsp3) is 0.158. The van der Waals surface area contributed by atoms with E-state index in [-0.39, 0.29) is 11.6 Å². The molecule has 9 heteroatoms. The molecule has 1 atom stereocenters. The maximum Gasteiger partial charge on any atom is 0.323 e. The van der Waals surface area contributed by atoms with Crippen LogP contribution < -0.4 is 11.0 Å². The summed E-state index contributed by atoms with van der Waals surface area (Å²) in [5, 5.41) is 10.8. The predicted octanol–water partition coefficient (Wildman–Crippen LogP) is 2.95. The number of nitrogens with one attached hydrogen (secondary N) is 3. The van der Waals surface area contributed by atoms with Crippen LogP contribution in [0.1, 0.15) is 18.4 Å². The molecule has 0 aliphatic carbocycles. The van der Waals surface area contributed by atoms with Crippen molar-refractivity contribution in [2.75, 3.05) is 5.32 Å². The molecule has 0 unspecified atom stereocenters. The van der Waals surface area contributed by atoms with Crippen LogP contribution in [0, 0.1) is 0 Å². The Morgan fingerprint density at radius 3 is 2.75 bits per heavy atom. The number of aromatic nitrogens is 4. The number of fused-ring (bicyclic) bond motifs is 1. The van der Waals surface area contributed by atoms with Crippen molar-refractivity contribution in [3.8, 4) is 0 Å². The van der Waals surface area contributed by atoms with Crippen LogP contribution in [-0.2, 0) is 11.2 Å². The van der Waals surface area contributed by atoms with Crippen molar-refractivity contribution in [2.24, 2.45) is 0 Å². The second-order valence-corrected chi connectivity index (χ2v) is 7.50. The van der Waals surface area contributed by atoms with E-state index in [9.17, 15) is 9.59 Å². The van der Waals surface area contributed by atoms with Crippen molar-refractivity contribution < 1.29 is 9.21 Å². The molecule has 4 aromatic rings. The normalized spacial score (nSPS) is 12.2. The van der Waals surface area contributed by atoms with Crippen molar-refractivity contribution in [1.29, 1.82) is 0 Å². The highest BCUT2D eigenvalue weighted by molar-refractivity contribution is 8.00. The van der Waals surface area contributed by atoms with Gasteiger partial charge in [-0.25, -0.2) is 4.79 Å². The van der Waals surface area contributed by atoms with Crippen molar-refractivity contribution in [3.63, 3.8) is 0 Å². The minimum atomic E-state index is -0.439. The third-order valence-corrected chi connectivity index (χ3v) is 5.01. The number of carbonyl (C=O) groups is 1. The third-order valence-electron chi connectivity index (χ3n) is 4.08. The zero-order valence-electron chi connectivity index (χ0n) is 14.9. The van der Waals surface area contributed by atoms with Crippen LogP contribution in [0.15, 0.2) is 63.0 Å². The van der Waals surface area contributed by atoms with Crippen LogP contribution >= 0.6 is 11.8 Å². The fourth-order valence-corrected chi connectivity index (χ4v) is 3.39. The number of hydrogen-bond acceptors (Lipinski definition) is 6. The molecule has 142 valence electrons. The second kappa shape index (κ2) is 7.73. The summed E-state index contributed by atoms with van der Waals surface area (Å²) in [7, 11) is 0. The molecule has 4 rings (SSSR count). The minimum Gasteiger partial charge on any atom is -0.416 e. The number of H-pyrrole nitrogens is 2. The van der Waals surface area contributed by atoms with Crippen molar-refractivity contribution in [2.45, 2.75) is 23.8 Å². The van der Waals surface area contributed by atoms with Gasteiger partial charge < -0.3 is 19.7 Å². The van der Waals surface area contributed by atoms with E-state index in [1.807, 2.05) is 30.3 Å². The molecule has 0 saturated heterocycles. The summed E-state index contributed by atoms with van der Waals surface area (Å²) in [6.45, 7) is 1.76. The monoisotopic (exact) mass is 395 g/mol. The molecule has 3 N–H and O–H groups in total.